The first-order valence-electron chi connectivity index (χ1n) is 10.8. The Morgan fingerprint density at radius 3 is 2.75 bits per heavy atom. The SMILES string of the molecule is Cc1nc(-c2sc(Cl)cc2CNC(=O)OCc2ccccc2)ncc1OC1CCCCC1. The van der Waals surface area contributed by atoms with Gasteiger partial charge < -0.3 is 14.8 Å². The maximum atomic E-state index is 12.1. The van der Waals surface area contributed by atoms with Crippen LogP contribution in [0.25, 0.3) is 10.7 Å². The Labute approximate surface area is 197 Å². The third kappa shape index (κ3) is 5.99. The number of ether oxygens (including phenoxy) is 2. The summed E-state index contributed by atoms with van der Waals surface area (Å²) >= 11 is 7.65. The summed E-state index contributed by atoms with van der Waals surface area (Å²) in [7, 11) is 0. The van der Waals surface area contributed by atoms with Crippen molar-refractivity contribution in [3.8, 4) is 16.5 Å². The lowest BCUT2D eigenvalue weighted by molar-refractivity contribution is 0.139. The number of hydrogen-bond donors (Lipinski definition) is 1. The number of benzene rings is 1. The van der Waals surface area contributed by atoms with Gasteiger partial charge in [0.25, 0.3) is 0 Å². The van der Waals surface area contributed by atoms with Crippen molar-refractivity contribution in [2.75, 3.05) is 0 Å². The second kappa shape index (κ2) is 10.8. The molecule has 2 heterocycles. The van der Waals surface area contributed by atoms with Crippen molar-refractivity contribution in [3.63, 3.8) is 0 Å². The number of rotatable bonds is 7. The van der Waals surface area contributed by atoms with E-state index in [9.17, 15) is 4.79 Å². The minimum Gasteiger partial charge on any atom is -0.487 e. The largest absolute Gasteiger partial charge is 0.487 e. The molecule has 0 saturated heterocycles. The fourth-order valence-electron chi connectivity index (χ4n) is 3.70. The van der Waals surface area contributed by atoms with E-state index in [1.54, 1.807) is 6.20 Å². The molecule has 2 aromatic heterocycles. The number of carbonyl (C=O) groups is 1. The van der Waals surface area contributed by atoms with E-state index in [0.29, 0.717) is 10.2 Å². The van der Waals surface area contributed by atoms with Crippen molar-refractivity contribution < 1.29 is 14.3 Å². The summed E-state index contributed by atoms with van der Waals surface area (Å²) in [6.45, 7) is 2.42. The van der Waals surface area contributed by atoms with Gasteiger partial charge in [-0.15, -0.1) is 11.3 Å². The molecule has 0 radical (unpaired) electrons. The third-order valence-electron chi connectivity index (χ3n) is 5.40. The van der Waals surface area contributed by atoms with Crippen LogP contribution in [-0.2, 0) is 17.9 Å². The summed E-state index contributed by atoms with van der Waals surface area (Å²) < 4.78 is 12.0. The molecule has 1 saturated carbocycles. The van der Waals surface area contributed by atoms with E-state index in [1.807, 2.05) is 43.3 Å². The van der Waals surface area contributed by atoms with Crippen molar-refractivity contribution in [3.05, 3.63) is 63.8 Å². The summed E-state index contributed by atoms with van der Waals surface area (Å²) in [6, 6.07) is 11.4. The zero-order valence-corrected chi connectivity index (χ0v) is 19.5. The van der Waals surface area contributed by atoms with Crippen molar-refractivity contribution in [2.45, 2.75) is 58.3 Å². The molecule has 32 heavy (non-hydrogen) atoms. The maximum absolute atomic E-state index is 12.1. The number of amides is 1. The predicted molar refractivity (Wildman–Crippen MR) is 126 cm³/mol. The van der Waals surface area contributed by atoms with Crippen LogP contribution in [0.5, 0.6) is 5.75 Å². The lowest BCUT2D eigenvalue weighted by Gasteiger charge is -2.23. The van der Waals surface area contributed by atoms with Gasteiger partial charge in [-0.25, -0.2) is 14.8 Å². The van der Waals surface area contributed by atoms with Gasteiger partial charge in [0, 0.05) is 6.54 Å². The molecule has 6 nitrogen and oxygen atoms in total. The molecule has 8 heteroatoms. The highest BCUT2D eigenvalue weighted by Crippen LogP contribution is 2.35. The van der Waals surface area contributed by atoms with E-state index < -0.39 is 6.09 Å². The number of halogens is 1. The second-order valence-electron chi connectivity index (χ2n) is 7.84. The topological polar surface area (TPSA) is 73.3 Å². The van der Waals surface area contributed by atoms with Crippen LogP contribution in [0.1, 0.15) is 48.9 Å². The number of nitrogens with zero attached hydrogens (tertiary/aromatic N) is 2. The molecule has 168 valence electrons. The van der Waals surface area contributed by atoms with E-state index in [0.717, 1.165) is 40.3 Å². The molecular formula is C24H26ClN3O3S. The lowest BCUT2D eigenvalue weighted by Crippen LogP contribution is -2.23. The summed E-state index contributed by atoms with van der Waals surface area (Å²) in [5, 5.41) is 2.78. The van der Waals surface area contributed by atoms with Crippen molar-refractivity contribution in [1.29, 1.82) is 0 Å². The van der Waals surface area contributed by atoms with Crippen LogP contribution in [0.4, 0.5) is 4.79 Å². The van der Waals surface area contributed by atoms with Gasteiger partial charge in [-0.05, 0) is 49.8 Å². The Hall–Kier alpha value is -2.64. The number of nitrogens with one attached hydrogen (secondary N) is 1. The zero-order chi connectivity index (χ0) is 22.3. The summed E-state index contributed by atoms with van der Waals surface area (Å²) in [5.41, 5.74) is 2.57. The van der Waals surface area contributed by atoms with Crippen LogP contribution in [0.2, 0.25) is 4.34 Å². The van der Waals surface area contributed by atoms with Gasteiger partial charge >= 0.3 is 6.09 Å². The minimum atomic E-state index is -0.490. The normalized spacial score (nSPS) is 14.2. The van der Waals surface area contributed by atoms with Gasteiger partial charge in [0.2, 0.25) is 0 Å². The Balaban J connectivity index is 1.39. The number of thiophene rings is 1. The van der Waals surface area contributed by atoms with Crippen LogP contribution in [0.15, 0.2) is 42.6 Å². The number of carbonyl (C=O) groups excluding carboxylic acids is 1. The average Bonchev–Trinajstić information content (AvgIpc) is 3.19. The molecule has 0 aliphatic heterocycles. The first-order chi connectivity index (χ1) is 15.6. The summed E-state index contributed by atoms with van der Waals surface area (Å²) in [6.07, 6.45) is 7.36. The van der Waals surface area contributed by atoms with Gasteiger partial charge in [0.1, 0.15) is 6.61 Å². The number of aromatic nitrogens is 2. The lowest BCUT2D eigenvalue weighted by atomic mass is 9.98. The molecule has 0 spiro atoms. The first kappa shape index (κ1) is 22.6. The standard InChI is InChI=1S/C24H26ClN3O3S/c1-16-20(31-19-10-6-3-7-11-19)14-26-23(28-16)22-18(12-21(25)32-22)13-27-24(29)30-15-17-8-4-2-5-9-17/h2,4-5,8-9,12,14,19H,3,6-7,10-11,13,15H2,1H3,(H,27,29). The van der Waals surface area contributed by atoms with Crippen molar-refractivity contribution in [2.24, 2.45) is 0 Å². The van der Waals surface area contributed by atoms with Gasteiger partial charge in [0.15, 0.2) is 11.6 Å². The summed E-state index contributed by atoms with van der Waals surface area (Å²) in [5.74, 6) is 1.30. The molecule has 1 aliphatic rings. The van der Waals surface area contributed by atoms with Crippen LogP contribution in [-0.4, -0.2) is 22.2 Å². The van der Waals surface area contributed by atoms with Crippen LogP contribution in [0.3, 0.4) is 0 Å². The second-order valence-corrected chi connectivity index (χ2v) is 9.52. The fourth-order valence-corrected chi connectivity index (χ4v) is 4.91. The predicted octanol–water partition coefficient (Wildman–Crippen LogP) is 6.30. The highest BCUT2D eigenvalue weighted by atomic mass is 35.5. The minimum absolute atomic E-state index is 0.217. The number of hydrogen-bond acceptors (Lipinski definition) is 6. The molecule has 1 fully saturated rings. The molecule has 0 atom stereocenters. The average molecular weight is 472 g/mol. The zero-order valence-electron chi connectivity index (χ0n) is 18.0. The van der Waals surface area contributed by atoms with E-state index in [2.05, 4.69) is 15.3 Å². The molecule has 0 bridgehead atoms. The van der Waals surface area contributed by atoms with Crippen LogP contribution < -0.4 is 10.1 Å². The smallest absolute Gasteiger partial charge is 0.407 e. The highest BCUT2D eigenvalue weighted by Gasteiger charge is 2.19. The molecule has 1 N–H and O–H groups in total. The number of alkyl carbamates (subject to hydrolysis) is 1. The Bertz CT molecular complexity index is 1050. The molecule has 3 aromatic rings. The van der Waals surface area contributed by atoms with Gasteiger partial charge in [-0.2, -0.15) is 0 Å². The van der Waals surface area contributed by atoms with Gasteiger partial charge in [-0.1, -0.05) is 48.4 Å². The molecular weight excluding hydrogens is 446 g/mol. The first-order valence-corrected chi connectivity index (χ1v) is 12.0. The fraction of sp³-hybridized carbons (Fsp3) is 0.375. The monoisotopic (exact) mass is 471 g/mol. The highest BCUT2D eigenvalue weighted by molar-refractivity contribution is 7.19. The van der Waals surface area contributed by atoms with E-state index in [1.165, 1.54) is 30.6 Å². The Kier molecular flexibility index (Phi) is 7.60. The molecule has 0 unspecified atom stereocenters. The van der Waals surface area contributed by atoms with Crippen molar-refractivity contribution >= 4 is 29.0 Å². The molecule has 1 amide bonds. The third-order valence-corrected chi connectivity index (χ3v) is 6.70. The van der Waals surface area contributed by atoms with E-state index >= 15 is 0 Å². The molecule has 1 aromatic carbocycles. The molecule has 1 aliphatic carbocycles. The van der Waals surface area contributed by atoms with E-state index in [4.69, 9.17) is 21.1 Å². The quantitative estimate of drug-likeness (QED) is 0.437. The van der Waals surface area contributed by atoms with Crippen LogP contribution >= 0.6 is 22.9 Å². The number of aryl methyl sites for hydroxylation is 1. The Morgan fingerprint density at radius 1 is 1.22 bits per heavy atom. The maximum Gasteiger partial charge on any atom is 0.407 e. The van der Waals surface area contributed by atoms with Crippen LogP contribution in [0, 0.1) is 6.92 Å². The van der Waals surface area contributed by atoms with E-state index in [-0.39, 0.29) is 19.3 Å². The summed E-state index contributed by atoms with van der Waals surface area (Å²) in [4.78, 5) is 22.1. The van der Waals surface area contributed by atoms with Gasteiger partial charge in [0.05, 0.1) is 27.2 Å². The van der Waals surface area contributed by atoms with Crippen molar-refractivity contribution in [1.82, 2.24) is 15.3 Å². The Morgan fingerprint density at radius 2 is 2.00 bits per heavy atom. The van der Waals surface area contributed by atoms with Gasteiger partial charge in [-0.3, -0.25) is 0 Å². The molecule has 4 rings (SSSR count).